The van der Waals surface area contributed by atoms with Gasteiger partial charge in [0.25, 0.3) is 0 Å². The zero-order valence-corrected chi connectivity index (χ0v) is 15.3. The van der Waals surface area contributed by atoms with Gasteiger partial charge in [-0.2, -0.15) is 13.2 Å². The van der Waals surface area contributed by atoms with E-state index in [4.69, 9.17) is 9.47 Å². The Hall–Kier alpha value is -3.09. The minimum Gasteiger partial charge on any atom is -0.481 e. The van der Waals surface area contributed by atoms with Crippen LogP contribution in [-0.4, -0.2) is 24.2 Å². The van der Waals surface area contributed by atoms with Crippen molar-refractivity contribution in [3.8, 4) is 17.0 Å². The van der Waals surface area contributed by atoms with Crippen LogP contribution in [0.5, 0.6) is 5.75 Å². The number of benzene rings is 2. The van der Waals surface area contributed by atoms with Crippen LogP contribution in [0.4, 0.5) is 13.2 Å². The van der Waals surface area contributed by atoms with Crippen LogP contribution < -0.4 is 4.74 Å². The summed E-state index contributed by atoms with van der Waals surface area (Å²) >= 11 is 0. The van der Waals surface area contributed by atoms with Crippen molar-refractivity contribution in [1.29, 1.82) is 0 Å². The first-order valence-corrected chi connectivity index (χ1v) is 8.66. The molecule has 0 fully saturated rings. The summed E-state index contributed by atoms with van der Waals surface area (Å²) in [5.74, 6) is -0.726. The van der Waals surface area contributed by atoms with Gasteiger partial charge in [0.2, 0.25) is 0 Å². The maximum atomic E-state index is 13.5. The maximum Gasteiger partial charge on any atom is 0.417 e. The van der Waals surface area contributed by atoms with E-state index in [1.54, 1.807) is 6.92 Å². The van der Waals surface area contributed by atoms with Gasteiger partial charge in [0, 0.05) is 11.6 Å². The zero-order chi connectivity index (χ0) is 20.3. The molecule has 28 heavy (non-hydrogen) atoms. The fourth-order valence-electron chi connectivity index (χ4n) is 2.81. The summed E-state index contributed by atoms with van der Waals surface area (Å²) < 4.78 is 50.8. The van der Waals surface area contributed by atoms with Gasteiger partial charge in [-0.15, -0.1) is 0 Å². The molecule has 1 aromatic heterocycles. The standard InChI is InChI=1S/C21H18F3NO3/c1-3-27-19(26)12-28-18-11-17(14-9-7-13(2)8-10-14)25-16-6-4-5-15(20(16)18)21(22,23)24/h4-11H,3,12H2,1-2H3. The lowest BCUT2D eigenvalue weighted by Crippen LogP contribution is -2.15. The molecule has 0 spiro atoms. The molecule has 0 atom stereocenters. The van der Waals surface area contributed by atoms with Crippen molar-refractivity contribution < 1.29 is 27.4 Å². The predicted octanol–water partition coefficient (Wildman–Crippen LogP) is 5.17. The topological polar surface area (TPSA) is 48.4 Å². The Morgan fingerprint density at radius 3 is 2.46 bits per heavy atom. The Balaban J connectivity index is 2.15. The Labute approximate surface area is 159 Å². The number of alkyl halides is 3. The van der Waals surface area contributed by atoms with E-state index < -0.39 is 24.3 Å². The number of halogens is 3. The maximum absolute atomic E-state index is 13.5. The molecule has 1 heterocycles. The van der Waals surface area contributed by atoms with Crippen molar-refractivity contribution in [3.63, 3.8) is 0 Å². The first-order valence-electron chi connectivity index (χ1n) is 8.66. The highest BCUT2D eigenvalue weighted by atomic mass is 19.4. The van der Waals surface area contributed by atoms with Gasteiger partial charge >= 0.3 is 12.1 Å². The van der Waals surface area contributed by atoms with Crippen LogP contribution in [0.2, 0.25) is 0 Å². The van der Waals surface area contributed by atoms with E-state index in [1.807, 2.05) is 31.2 Å². The van der Waals surface area contributed by atoms with Crippen molar-refractivity contribution in [2.45, 2.75) is 20.0 Å². The lowest BCUT2D eigenvalue weighted by Gasteiger charge is -2.16. The number of carbonyl (C=O) groups excluding carboxylic acids is 1. The summed E-state index contributed by atoms with van der Waals surface area (Å²) in [6.45, 7) is 3.23. The van der Waals surface area contributed by atoms with E-state index in [-0.39, 0.29) is 23.3 Å². The molecule has 0 amide bonds. The average molecular weight is 389 g/mol. The number of nitrogens with zero attached hydrogens (tertiary/aromatic N) is 1. The quantitative estimate of drug-likeness (QED) is 0.565. The number of aromatic nitrogens is 1. The third-order valence-corrected chi connectivity index (χ3v) is 4.10. The summed E-state index contributed by atoms with van der Waals surface area (Å²) in [5.41, 5.74) is 1.48. The summed E-state index contributed by atoms with van der Waals surface area (Å²) in [6, 6.07) is 12.6. The number of carbonyl (C=O) groups is 1. The monoisotopic (exact) mass is 389 g/mol. The van der Waals surface area contributed by atoms with Crippen molar-refractivity contribution in [2.24, 2.45) is 0 Å². The molecule has 2 aromatic carbocycles. The first kappa shape index (κ1) is 19.7. The molecule has 0 N–H and O–H groups in total. The van der Waals surface area contributed by atoms with Crippen molar-refractivity contribution in [2.75, 3.05) is 13.2 Å². The van der Waals surface area contributed by atoms with Gasteiger partial charge in [-0.25, -0.2) is 9.78 Å². The number of aryl methyl sites for hydroxylation is 1. The summed E-state index contributed by atoms with van der Waals surface area (Å²) in [4.78, 5) is 16.0. The first-order chi connectivity index (χ1) is 13.3. The number of rotatable bonds is 5. The molecular formula is C21H18F3NO3. The van der Waals surface area contributed by atoms with Crippen molar-refractivity contribution in [3.05, 3.63) is 59.7 Å². The van der Waals surface area contributed by atoms with Crippen LogP contribution >= 0.6 is 0 Å². The molecule has 3 aromatic rings. The highest BCUT2D eigenvalue weighted by molar-refractivity contribution is 5.91. The Bertz CT molecular complexity index is 998. The third kappa shape index (κ3) is 4.24. The Morgan fingerprint density at radius 2 is 1.82 bits per heavy atom. The Kier molecular flexibility index (Phi) is 5.53. The van der Waals surface area contributed by atoms with Crippen LogP contribution in [0.15, 0.2) is 48.5 Å². The lowest BCUT2D eigenvalue weighted by molar-refractivity contribution is -0.145. The average Bonchev–Trinajstić information content (AvgIpc) is 2.65. The second kappa shape index (κ2) is 7.88. The van der Waals surface area contributed by atoms with E-state index in [0.29, 0.717) is 5.69 Å². The molecule has 3 rings (SSSR count). The largest absolute Gasteiger partial charge is 0.481 e. The second-order valence-electron chi connectivity index (χ2n) is 6.16. The van der Waals surface area contributed by atoms with Crippen LogP contribution in [-0.2, 0) is 15.7 Å². The fourth-order valence-corrected chi connectivity index (χ4v) is 2.81. The number of ether oxygens (including phenoxy) is 2. The van der Waals surface area contributed by atoms with Crippen LogP contribution in [0.3, 0.4) is 0 Å². The fraction of sp³-hybridized carbons (Fsp3) is 0.238. The number of esters is 1. The molecule has 0 aliphatic carbocycles. The molecule has 0 aliphatic heterocycles. The molecule has 4 nitrogen and oxygen atoms in total. The van der Waals surface area contributed by atoms with Crippen molar-refractivity contribution >= 4 is 16.9 Å². The Morgan fingerprint density at radius 1 is 1.11 bits per heavy atom. The van der Waals surface area contributed by atoms with Gasteiger partial charge in [-0.3, -0.25) is 0 Å². The third-order valence-electron chi connectivity index (χ3n) is 4.10. The van der Waals surface area contributed by atoms with Gasteiger partial charge in [0.05, 0.1) is 28.8 Å². The summed E-state index contributed by atoms with van der Waals surface area (Å²) in [5, 5.41) is -0.185. The molecule has 0 unspecified atom stereocenters. The summed E-state index contributed by atoms with van der Waals surface area (Å²) in [7, 11) is 0. The molecule has 0 saturated heterocycles. The van der Waals surface area contributed by atoms with Gasteiger partial charge in [-0.1, -0.05) is 35.9 Å². The molecular weight excluding hydrogens is 371 g/mol. The molecule has 146 valence electrons. The number of fused-ring (bicyclic) bond motifs is 1. The molecule has 0 aliphatic rings. The molecule has 0 saturated carbocycles. The number of hydrogen-bond donors (Lipinski definition) is 0. The van der Waals surface area contributed by atoms with E-state index in [2.05, 4.69) is 4.98 Å². The molecule has 0 bridgehead atoms. The van der Waals surface area contributed by atoms with Gasteiger partial charge in [0.1, 0.15) is 5.75 Å². The van der Waals surface area contributed by atoms with Gasteiger partial charge in [-0.05, 0) is 26.0 Å². The minimum absolute atomic E-state index is 0.0680. The SMILES string of the molecule is CCOC(=O)COc1cc(-c2ccc(C)cc2)nc2cccc(C(F)(F)F)c12. The normalized spacial score (nSPS) is 11.5. The van der Waals surface area contributed by atoms with Crippen LogP contribution in [0.1, 0.15) is 18.1 Å². The molecule has 0 radical (unpaired) electrons. The van der Waals surface area contributed by atoms with E-state index in [1.165, 1.54) is 18.2 Å². The zero-order valence-electron chi connectivity index (χ0n) is 15.3. The van der Waals surface area contributed by atoms with Crippen molar-refractivity contribution in [1.82, 2.24) is 4.98 Å². The summed E-state index contributed by atoms with van der Waals surface area (Å²) in [6.07, 6.45) is -4.59. The molecule has 7 heteroatoms. The number of hydrogen-bond acceptors (Lipinski definition) is 4. The lowest BCUT2D eigenvalue weighted by atomic mass is 10.0. The van der Waals surface area contributed by atoms with Gasteiger partial charge < -0.3 is 9.47 Å². The highest BCUT2D eigenvalue weighted by Crippen LogP contribution is 2.40. The smallest absolute Gasteiger partial charge is 0.417 e. The van der Waals surface area contributed by atoms with Crippen LogP contribution in [0.25, 0.3) is 22.2 Å². The highest BCUT2D eigenvalue weighted by Gasteiger charge is 2.34. The van der Waals surface area contributed by atoms with E-state index in [0.717, 1.165) is 17.2 Å². The van der Waals surface area contributed by atoms with Gasteiger partial charge in [0.15, 0.2) is 6.61 Å². The number of pyridine rings is 1. The van der Waals surface area contributed by atoms with E-state index >= 15 is 0 Å². The minimum atomic E-state index is -4.59. The van der Waals surface area contributed by atoms with Crippen LogP contribution in [0, 0.1) is 6.92 Å². The predicted molar refractivity (Wildman–Crippen MR) is 99.0 cm³/mol. The van der Waals surface area contributed by atoms with E-state index in [9.17, 15) is 18.0 Å². The second-order valence-corrected chi connectivity index (χ2v) is 6.16.